The van der Waals surface area contributed by atoms with Crippen LogP contribution >= 0.6 is 11.6 Å². The zero-order valence-corrected chi connectivity index (χ0v) is 11.5. The summed E-state index contributed by atoms with van der Waals surface area (Å²) < 4.78 is 13.3. The number of benzene rings is 2. The Kier molecular flexibility index (Phi) is 4.23. The Morgan fingerprint density at radius 2 is 1.89 bits per heavy atom. The van der Waals surface area contributed by atoms with E-state index in [-0.39, 0.29) is 12.4 Å². The highest BCUT2D eigenvalue weighted by molar-refractivity contribution is 6.31. The maximum Gasteiger partial charge on any atom is 0.123 e. The molecule has 0 aliphatic rings. The second kappa shape index (κ2) is 5.72. The predicted octanol–water partition coefficient (Wildman–Crippen LogP) is 3.97. The number of halogens is 2. The Balaban J connectivity index is 2.36. The van der Waals surface area contributed by atoms with E-state index in [1.54, 1.807) is 6.07 Å². The molecule has 3 heteroatoms. The van der Waals surface area contributed by atoms with E-state index in [0.29, 0.717) is 11.4 Å². The fourth-order valence-corrected chi connectivity index (χ4v) is 2.38. The van der Waals surface area contributed by atoms with Crippen molar-refractivity contribution in [3.63, 3.8) is 0 Å². The van der Waals surface area contributed by atoms with Crippen molar-refractivity contribution in [2.24, 2.45) is 0 Å². The molecular weight excluding hydrogens is 263 g/mol. The summed E-state index contributed by atoms with van der Waals surface area (Å²) in [5.74, 6) is -0.295. The molecule has 0 saturated heterocycles. The van der Waals surface area contributed by atoms with Gasteiger partial charge in [0.15, 0.2) is 0 Å². The fourth-order valence-electron chi connectivity index (χ4n) is 2.18. The van der Waals surface area contributed by atoms with Gasteiger partial charge in [0.2, 0.25) is 0 Å². The van der Waals surface area contributed by atoms with E-state index < -0.39 is 5.41 Å². The molecule has 2 aromatic rings. The molecule has 0 spiro atoms. The molecule has 0 aromatic heterocycles. The average Bonchev–Trinajstić information content (AvgIpc) is 2.41. The third kappa shape index (κ3) is 3.14. The second-order valence-electron chi connectivity index (χ2n) is 5.00. The highest BCUT2D eigenvalue weighted by Crippen LogP contribution is 2.30. The maximum atomic E-state index is 13.3. The second-order valence-corrected chi connectivity index (χ2v) is 5.40. The van der Waals surface area contributed by atoms with Gasteiger partial charge in [0.05, 0.1) is 6.61 Å². The monoisotopic (exact) mass is 278 g/mol. The van der Waals surface area contributed by atoms with E-state index in [0.717, 1.165) is 11.1 Å². The van der Waals surface area contributed by atoms with Crippen LogP contribution in [0.15, 0.2) is 48.5 Å². The normalized spacial score (nSPS) is 14.1. The van der Waals surface area contributed by atoms with Crippen LogP contribution in [-0.2, 0) is 11.8 Å². The Hall–Kier alpha value is -1.38. The lowest BCUT2D eigenvalue weighted by Crippen LogP contribution is -2.29. The van der Waals surface area contributed by atoms with Gasteiger partial charge in [-0.25, -0.2) is 4.39 Å². The first-order valence-corrected chi connectivity index (χ1v) is 6.53. The molecule has 100 valence electrons. The van der Waals surface area contributed by atoms with Crippen molar-refractivity contribution < 1.29 is 9.50 Å². The topological polar surface area (TPSA) is 20.2 Å². The highest BCUT2D eigenvalue weighted by atomic mass is 35.5. The van der Waals surface area contributed by atoms with Gasteiger partial charge in [0.1, 0.15) is 5.82 Å². The summed E-state index contributed by atoms with van der Waals surface area (Å²) in [4.78, 5) is 0. The molecule has 1 atom stereocenters. The van der Waals surface area contributed by atoms with E-state index in [9.17, 15) is 9.50 Å². The van der Waals surface area contributed by atoms with E-state index in [1.165, 1.54) is 12.1 Å². The van der Waals surface area contributed by atoms with Gasteiger partial charge in [-0.15, -0.1) is 0 Å². The Labute approximate surface area is 117 Å². The predicted molar refractivity (Wildman–Crippen MR) is 76.0 cm³/mol. The van der Waals surface area contributed by atoms with Gasteiger partial charge in [0.25, 0.3) is 0 Å². The first-order valence-electron chi connectivity index (χ1n) is 6.15. The van der Waals surface area contributed by atoms with Crippen LogP contribution in [0.2, 0.25) is 5.02 Å². The van der Waals surface area contributed by atoms with Gasteiger partial charge < -0.3 is 5.11 Å². The molecular formula is C16H16ClFO. The van der Waals surface area contributed by atoms with Gasteiger partial charge >= 0.3 is 0 Å². The van der Waals surface area contributed by atoms with E-state index in [4.69, 9.17) is 11.6 Å². The number of aliphatic hydroxyl groups is 1. The summed E-state index contributed by atoms with van der Waals surface area (Å²) in [5, 5.41) is 10.4. The van der Waals surface area contributed by atoms with Crippen LogP contribution in [0.25, 0.3) is 0 Å². The molecule has 0 fully saturated rings. The van der Waals surface area contributed by atoms with Gasteiger partial charge in [-0.3, -0.25) is 0 Å². The van der Waals surface area contributed by atoms with E-state index >= 15 is 0 Å². The summed E-state index contributed by atoms with van der Waals surface area (Å²) >= 11 is 6.15. The summed E-state index contributed by atoms with van der Waals surface area (Å²) in [6, 6.07) is 13.9. The first kappa shape index (κ1) is 14.0. The molecule has 0 bridgehead atoms. The van der Waals surface area contributed by atoms with Crippen molar-refractivity contribution in [3.8, 4) is 0 Å². The number of rotatable bonds is 4. The molecule has 1 unspecified atom stereocenters. The molecule has 0 heterocycles. The molecule has 0 aliphatic heterocycles. The standard InChI is InChI=1S/C16H16ClFO/c1-16(11-19,13-6-4-7-14(18)9-13)10-12-5-2-3-8-15(12)17/h2-9,19H,10-11H2,1H3. The van der Waals surface area contributed by atoms with Crippen molar-refractivity contribution >= 4 is 11.6 Å². The summed E-state index contributed by atoms with van der Waals surface area (Å²) in [6.45, 7) is 1.84. The molecule has 0 saturated carbocycles. The summed E-state index contributed by atoms with van der Waals surface area (Å²) in [7, 11) is 0. The smallest absolute Gasteiger partial charge is 0.123 e. The number of hydrogen-bond donors (Lipinski definition) is 1. The van der Waals surface area contributed by atoms with Crippen LogP contribution in [0.4, 0.5) is 4.39 Å². The van der Waals surface area contributed by atoms with Crippen LogP contribution in [0.3, 0.4) is 0 Å². The fraction of sp³-hybridized carbons (Fsp3) is 0.250. The highest BCUT2D eigenvalue weighted by Gasteiger charge is 2.27. The Bertz CT molecular complexity index is 570. The molecule has 0 aliphatic carbocycles. The molecule has 1 N–H and O–H groups in total. The molecule has 2 aromatic carbocycles. The lowest BCUT2D eigenvalue weighted by Gasteiger charge is -2.28. The van der Waals surface area contributed by atoms with Crippen molar-refractivity contribution in [1.29, 1.82) is 0 Å². The van der Waals surface area contributed by atoms with Gasteiger partial charge in [-0.2, -0.15) is 0 Å². The van der Waals surface area contributed by atoms with Gasteiger partial charge in [-0.05, 0) is 35.7 Å². The first-order chi connectivity index (χ1) is 9.05. The minimum absolute atomic E-state index is 0.0678. The number of hydrogen-bond acceptors (Lipinski definition) is 1. The van der Waals surface area contributed by atoms with Crippen molar-refractivity contribution in [1.82, 2.24) is 0 Å². The Morgan fingerprint density at radius 3 is 2.53 bits per heavy atom. The summed E-state index contributed by atoms with van der Waals surface area (Å²) in [5.41, 5.74) is 1.17. The van der Waals surface area contributed by atoms with Gasteiger partial charge in [-0.1, -0.05) is 48.9 Å². The zero-order chi connectivity index (χ0) is 13.9. The molecule has 0 amide bonds. The molecule has 0 radical (unpaired) electrons. The van der Waals surface area contributed by atoms with Crippen LogP contribution in [0, 0.1) is 5.82 Å². The number of aliphatic hydroxyl groups excluding tert-OH is 1. The summed E-state index contributed by atoms with van der Waals surface area (Å²) in [6.07, 6.45) is 0.562. The Morgan fingerprint density at radius 1 is 1.16 bits per heavy atom. The third-order valence-corrected chi connectivity index (χ3v) is 3.78. The lowest BCUT2D eigenvalue weighted by atomic mass is 9.78. The van der Waals surface area contributed by atoms with Crippen molar-refractivity contribution in [2.75, 3.05) is 6.61 Å². The van der Waals surface area contributed by atoms with E-state index in [2.05, 4.69) is 0 Å². The van der Waals surface area contributed by atoms with Crippen LogP contribution in [0.5, 0.6) is 0 Å². The lowest BCUT2D eigenvalue weighted by molar-refractivity contribution is 0.204. The van der Waals surface area contributed by atoms with Crippen molar-refractivity contribution in [3.05, 3.63) is 70.5 Å². The molecule has 19 heavy (non-hydrogen) atoms. The van der Waals surface area contributed by atoms with Gasteiger partial charge in [0, 0.05) is 10.4 Å². The van der Waals surface area contributed by atoms with Crippen LogP contribution < -0.4 is 0 Å². The van der Waals surface area contributed by atoms with Crippen LogP contribution in [0.1, 0.15) is 18.1 Å². The maximum absolute atomic E-state index is 13.3. The van der Waals surface area contributed by atoms with E-state index in [1.807, 2.05) is 37.3 Å². The minimum Gasteiger partial charge on any atom is -0.395 e. The molecule has 2 rings (SSSR count). The largest absolute Gasteiger partial charge is 0.395 e. The van der Waals surface area contributed by atoms with Crippen LogP contribution in [-0.4, -0.2) is 11.7 Å². The SMILES string of the molecule is CC(CO)(Cc1ccccc1Cl)c1cccc(F)c1. The molecule has 1 nitrogen and oxygen atoms in total. The quantitative estimate of drug-likeness (QED) is 0.897. The van der Waals surface area contributed by atoms with Crippen molar-refractivity contribution in [2.45, 2.75) is 18.8 Å². The average molecular weight is 279 g/mol. The third-order valence-electron chi connectivity index (χ3n) is 3.41. The minimum atomic E-state index is -0.549. The zero-order valence-electron chi connectivity index (χ0n) is 10.7.